The van der Waals surface area contributed by atoms with Gasteiger partial charge in [0.1, 0.15) is 0 Å². The van der Waals surface area contributed by atoms with E-state index in [9.17, 15) is 0 Å². The lowest BCUT2D eigenvalue weighted by molar-refractivity contribution is 0.211. The van der Waals surface area contributed by atoms with Crippen molar-refractivity contribution < 1.29 is 0 Å². The molecule has 0 unspecified atom stereocenters. The molecule has 0 radical (unpaired) electrons. The second kappa shape index (κ2) is 7.12. The van der Waals surface area contributed by atoms with Crippen LogP contribution in [0.4, 0.5) is 5.69 Å². The highest BCUT2D eigenvalue weighted by molar-refractivity contribution is 5.54. The van der Waals surface area contributed by atoms with Crippen molar-refractivity contribution in [2.75, 3.05) is 25.0 Å². The zero-order valence-electron chi connectivity index (χ0n) is 13.6. The van der Waals surface area contributed by atoms with Crippen molar-refractivity contribution >= 4 is 5.69 Å². The fourth-order valence-electron chi connectivity index (χ4n) is 3.12. The van der Waals surface area contributed by atoms with E-state index in [1.807, 2.05) is 0 Å². The van der Waals surface area contributed by atoms with Crippen LogP contribution in [0.15, 0.2) is 18.2 Å². The number of nitrogens with zero attached hydrogens (tertiary/aromatic N) is 1. The number of nitrogens with one attached hydrogen (secondary N) is 1. The normalized spacial score (nSPS) is 14.8. The minimum atomic E-state index is 0.730. The van der Waals surface area contributed by atoms with Crippen LogP contribution >= 0.6 is 0 Å². The van der Waals surface area contributed by atoms with Crippen molar-refractivity contribution in [3.63, 3.8) is 0 Å². The Bertz CT molecular complexity index is 413. The van der Waals surface area contributed by atoms with Gasteiger partial charge < -0.3 is 5.32 Å². The van der Waals surface area contributed by atoms with Crippen LogP contribution in [0.2, 0.25) is 0 Å². The Hall–Kier alpha value is -1.02. The molecule has 2 rings (SSSR count). The van der Waals surface area contributed by atoms with Gasteiger partial charge in [-0.1, -0.05) is 39.8 Å². The summed E-state index contributed by atoms with van der Waals surface area (Å²) in [4.78, 5) is 2.60. The molecule has 1 aliphatic rings. The molecule has 0 atom stereocenters. The summed E-state index contributed by atoms with van der Waals surface area (Å²) >= 11 is 0. The predicted octanol–water partition coefficient (Wildman–Crippen LogP) is 4.16. The van der Waals surface area contributed by atoms with Gasteiger partial charge in [-0.15, -0.1) is 0 Å². The van der Waals surface area contributed by atoms with Crippen molar-refractivity contribution in [1.82, 2.24) is 4.90 Å². The Labute approximate surface area is 124 Å². The summed E-state index contributed by atoms with van der Waals surface area (Å²) in [7, 11) is 0. The molecule has 1 aliphatic heterocycles. The molecule has 2 heteroatoms. The topological polar surface area (TPSA) is 15.3 Å². The zero-order valence-corrected chi connectivity index (χ0v) is 13.6. The van der Waals surface area contributed by atoms with Crippen molar-refractivity contribution in [3.8, 4) is 0 Å². The first kappa shape index (κ1) is 15.4. The van der Waals surface area contributed by atoms with Crippen LogP contribution in [0.1, 0.15) is 45.2 Å². The Balaban J connectivity index is 2.05. The molecule has 20 heavy (non-hydrogen) atoms. The number of rotatable bonds is 6. The Morgan fingerprint density at radius 3 is 2.45 bits per heavy atom. The second-order valence-electron chi connectivity index (χ2n) is 7.00. The third kappa shape index (κ3) is 4.52. The van der Waals surface area contributed by atoms with Crippen LogP contribution in [0.25, 0.3) is 0 Å². The van der Waals surface area contributed by atoms with E-state index in [1.54, 1.807) is 0 Å². The highest BCUT2D eigenvalue weighted by Crippen LogP contribution is 2.23. The standard InChI is InChI=1S/C18H30N2/c1-14(2)11-20(12-15(3)4)13-16-7-8-18-17(10-16)6-5-9-19-18/h7-8,10,14-15,19H,5-6,9,11-13H2,1-4H3. The monoisotopic (exact) mass is 274 g/mol. The first-order chi connectivity index (χ1) is 9.54. The fourth-order valence-corrected chi connectivity index (χ4v) is 3.12. The molecule has 0 amide bonds. The van der Waals surface area contributed by atoms with Crippen molar-refractivity contribution in [2.24, 2.45) is 11.8 Å². The average Bonchev–Trinajstić information content (AvgIpc) is 2.37. The van der Waals surface area contributed by atoms with Gasteiger partial charge in [-0.05, 0) is 41.9 Å². The number of aryl methyl sites for hydroxylation is 1. The molecular weight excluding hydrogens is 244 g/mol. The van der Waals surface area contributed by atoms with Crippen LogP contribution < -0.4 is 5.32 Å². The summed E-state index contributed by atoms with van der Waals surface area (Å²) in [5.41, 5.74) is 4.32. The van der Waals surface area contributed by atoms with Gasteiger partial charge in [-0.25, -0.2) is 0 Å². The van der Waals surface area contributed by atoms with E-state index in [0.717, 1.165) is 24.9 Å². The van der Waals surface area contributed by atoms with Gasteiger partial charge >= 0.3 is 0 Å². The zero-order chi connectivity index (χ0) is 14.5. The van der Waals surface area contributed by atoms with Gasteiger partial charge in [-0.2, -0.15) is 0 Å². The van der Waals surface area contributed by atoms with Crippen molar-refractivity contribution in [3.05, 3.63) is 29.3 Å². The fraction of sp³-hybridized carbons (Fsp3) is 0.667. The minimum Gasteiger partial charge on any atom is -0.385 e. The Morgan fingerprint density at radius 2 is 1.80 bits per heavy atom. The Morgan fingerprint density at radius 1 is 1.10 bits per heavy atom. The summed E-state index contributed by atoms with van der Waals surface area (Å²) < 4.78 is 0. The summed E-state index contributed by atoms with van der Waals surface area (Å²) in [6.07, 6.45) is 2.49. The number of fused-ring (bicyclic) bond motifs is 1. The molecule has 1 aromatic rings. The van der Waals surface area contributed by atoms with E-state index in [1.165, 1.54) is 42.7 Å². The molecule has 1 aromatic carbocycles. The first-order valence-electron chi connectivity index (χ1n) is 8.12. The van der Waals surface area contributed by atoms with Gasteiger partial charge in [0.25, 0.3) is 0 Å². The SMILES string of the molecule is CC(C)CN(Cc1ccc2c(c1)CCCN2)CC(C)C. The molecule has 0 fully saturated rings. The van der Waals surface area contributed by atoms with E-state index < -0.39 is 0 Å². The maximum atomic E-state index is 3.49. The highest BCUT2D eigenvalue weighted by Gasteiger charge is 2.13. The molecule has 0 aromatic heterocycles. The van der Waals surface area contributed by atoms with E-state index in [4.69, 9.17) is 0 Å². The lowest BCUT2D eigenvalue weighted by atomic mass is 10.0. The molecule has 0 spiro atoms. The summed E-state index contributed by atoms with van der Waals surface area (Å²) in [6.45, 7) is 13.8. The quantitative estimate of drug-likeness (QED) is 0.838. The molecule has 0 saturated carbocycles. The van der Waals surface area contributed by atoms with Gasteiger partial charge in [0.05, 0.1) is 0 Å². The third-order valence-corrected chi connectivity index (χ3v) is 3.76. The van der Waals surface area contributed by atoms with Crippen molar-refractivity contribution in [1.29, 1.82) is 0 Å². The minimum absolute atomic E-state index is 0.730. The van der Waals surface area contributed by atoms with E-state index >= 15 is 0 Å². The summed E-state index contributed by atoms with van der Waals surface area (Å²) in [6, 6.07) is 6.98. The van der Waals surface area contributed by atoms with E-state index in [2.05, 4.69) is 56.1 Å². The largest absolute Gasteiger partial charge is 0.385 e. The molecule has 1 heterocycles. The predicted molar refractivity (Wildman–Crippen MR) is 88.2 cm³/mol. The number of hydrogen-bond acceptors (Lipinski definition) is 2. The Kier molecular flexibility index (Phi) is 5.47. The molecule has 0 saturated heterocycles. The van der Waals surface area contributed by atoms with Crippen LogP contribution in [-0.2, 0) is 13.0 Å². The maximum Gasteiger partial charge on any atom is 0.0372 e. The van der Waals surface area contributed by atoms with Gasteiger partial charge in [0.15, 0.2) is 0 Å². The molecule has 112 valence electrons. The highest BCUT2D eigenvalue weighted by atomic mass is 15.1. The lowest BCUT2D eigenvalue weighted by Gasteiger charge is -2.27. The van der Waals surface area contributed by atoms with Gasteiger partial charge in [0.2, 0.25) is 0 Å². The van der Waals surface area contributed by atoms with E-state index in [-0.39, 0.29) is 0 Å². The summed E-state index contributed by atoms with van der Waals surface area (Å²) in [5.74, 6) is 1.46. The number of hydrogen-bond donors (Lipinski definition) is 1. The van der Waals surface area contributed by atoms with Crippen LogP contribution in [0.3, 0.4) is 0 Å². The van der Waals surface area contributed by atoms with Crippen LogP contribution in [0, 0.1) is 11.8 Å². The third-order valence-electron chi connectivity index (χ3n) is 3.76. The smallest absolute Gasteiger partial charge is 0.0372 e. The first-order valence-corrected chi connectivity index (χ1v) is 8.12. The molecule has 0 bridgehead atoms. The van der Waals surface area contributed by atoms with E-state index in [0.29, 0.717) is 0 Å². The maximum absolute atomic E-state index is 3.49. The molecule has 2 nitrogen and oxygen atoms in total. The molecule has 1 N–H and O–H groups in total. The van der Waals surface area contributed by atoms with Crippen LogP contribution in [-0.4, -0.2) is 24.5 Å². The van der Waals surface area contributed by atoms with Crippen molar-refractivity contribution in [2.45, 2.75) is 47.1 Å². The lowest BCUT2D eigenvalue weighted by Crippen LogP contribution is -2.31. The van der Waals surface area contributed by atoms with Crippen LogP contribution in [0.5, 0.6) is 0 Å². The molecular formula is C18H30N2. The van der Waals surface area contributed by atoms with Gasteiger partial charge in [-0.3, -0.25) is 4.90 Å². The van der Waals surface area contributed by atoms with Gasteiger partial charge in [0, 0.05) is 31.9 Å². The number of anilines is 1. The average molecular weight is 274 g/mol. The summed E-state index contributed by atoms with van der Waals surface area (Å²) in [5, 5.41) is 3.49. The second-order valence-corrected chi connectivity index (χ2v) is 7.00. The number of benzene rings is 1. The molecule has 0 aliphatic carbocycles.